The summed E-state index contributed by atoms with van der Waals surface area (Å²) in [6, 6.07) is 11.5. The zero-order valence-electron chi connectivity index (χ0n) is 8.55. The fourth-order valence-corrected chi connectivity index (χ4v) is 1.67. The summed E-state index contributed by atoms with van der Waals surface area (Å²) in [4.78, 5) is 4.05. The van der Waals surface area contributed by atoms with E-state index in [4.69, 9.17) is 10.2 Å². The summed E-state index contributed by atoms with van der Waals surface area (Å²) in [6.45, 7) is 0. The van der Waals surface area contributed by atoms with Crippen LogP contribution in [0.5, 0.6) is 0 Å². The van der Waals surface area contributed by atoms with Crippen LogP contribution < -0.4 is 5.73 Å². The van der Waals surface area contributed by atoms with Gasteiger partial charge in [-0.25, -0.2) is 0 Å². The van der Waals surface area contributed by atoms with Gasteiger partial charge in [0, 0.05) is 29.0 Å². The quantitative estimate of drug-likeness (QED) is 0.628. The molecule has 3 heteroatoms. The maximum absolute atomic E-state index is 5.71. The second-order valence-electron chi connectivity index (χ2n) is 3.65. The number of fused-ring (bicyclic) bond motifs is 1. The maximum atomic E-state index is 5.71. The fourth-order valence-electron chi connectivity index (χ4n) is 1.67. The highest BCUT2D eigenvalue weighted by molar-refractivity contribution is 5.81. The van der Waals surface area contributed by atoms with Gasteiger partial charge < -0.3 is 10.2 Å². The smallest absolute Gasteiger partial charge is 0.137 e. The first-order valence-electron chi connectivity index (χ1n) is 5.02. The minimum absolute atomic E-state index is 0.751. The van der Waals surface area contributed by atoms with E-state index in [2.05, 4.69) is 4.98 Å². The normalized spacial score (nSPS) is 10.8. The van der Waals surface area contributed by atoms with Crippen LogP contribution in [0.25, 0.3) is 22.3 Å². The van der Waals surface area contributed by atoms with Crippen molar-refractivity contribution in [2.24, 2.45) is 0 Å². The highest BCUT2D eigenvalue weighted by Gasteiger charge is 2.05. The number of nitrogen functional groups attached to an aromatic ring is 1. The Morgan fingerprint density at radius 1 is 1.06 bits per heavy atom. The topological polar surface area (TPSA) is 52.0 Å². The van der Waals surface area contributed by atoms with Crippen molar-refractivity contribution < 1.29 is 4.42 Å². The van der Waals surface area contributed by atoms with Gasteiger partial charge in [-0.05, 0) is 36.4 Å². The predicted octanol–water partition coefficient (Wildman–Crippen LogP) is 3.08. The van der Waals surface area contributed by atoms with E-state index in [0.29, 0.717) is 0 Å². The molecule has 0 aliphatic heterocycles. The third-order valence-corrected chi connectivity index (χ3v) is 2.51. The Bertz CT molecular complexity index is 593. The van der Waals surface area contributed by atoms with Crippen LogP contribution in [0.2, 0.25) is 0 Å². The lowest BCUT2D eigenvalue weighted by molar-refractivity contribution is 0.631. The number of rotatable bonds is 1. The van der Waals surface area contributed by atoms with Gasteiger partial charge in [-0.2, -0.15) is 0 Å². The van der Waals surface area contributed by atoms with Crippen LogP contribution in [-0.4, -0.2) is 4.98 Å². The molecule has 0 fully saturated rings. The SMILES string of the molecule is Nc1ccc(-c2cc3cnccc3o2)cc1. The van der Waals surface area contributed by atoms with Gasteiger partial charge in [0.05, 0.1) is 0 Å². The first-order chi connectivity index (χ1) is 7.83. The number of furan rings is 1. The van der Waals surface area contributed by atoms with Crippen LogP contribution in [0.4, 0.5) is 5.69 Å². The number of nitrogens with two attached hydrogens (primary N) is 1. The van der Waals surface area contributed by atoms with Gasteiger partial charge in [-0.15, -0.1) is 0 Å². The molecule has 0 bridgehead atoms. The number of aromatic nitrogens is 1. The largest absolute Gasteiger partial charge is 0.456 e. The molecule has 0 aliphatic rings. The molecule has 0 unspecified atom stereocenters. The van der Waals surface area contributed by atoms with E-state index < -0.39 is 0 Å². The van der Waals surface area contributed by atoms with E-state index in [1.54, 1.807) is 12.4 Å². The van der Waals surface area contributed by atoms with Crippen molar-refractivity contribution in [1.29, 1.82) is 0 Å². The lowest BCUT2D eigenvalue weighted by atomic mass is 10.1. The standard InChI is InChI=1S/C13H10N2O/c14-11-3-1-9(2-4-11)13-7-10-8-15-6-5-12(10)16-13/h1-8H,14H2. The molecule has 3 nitrogen and oxygen atoms in total. The summed E-state index contributed by atoms with van der Waals surface area (Å²) in [6.07, 6.45) is 3.51. The molecule has 0 aliphatic carbocycles. The lowest BCUT2D eigenvalue weighted by Gasteiger charge is -1.96. The van der Waals surface area contributed by atoms with Crippen molar-refractivity contribution in [2.75, 3.05) is 5.73 Å². The molecule has 1 aromatic carbocycles. The van der Waals surface area contributed by atoms with Crippen molar-refractivity contribution in [3.8, 4) is 11.3 Å². The van der Waals surface area contributed by atoms with Crippen LogP contribution in [-0.2, 0) is 0 Å². The third-order valence-electron chi connectivity index (χ3n) is 2.51. The van der Waals surface area contributed by atoms with Gasteiger partial charge in [-0.1, -0.05) is 0 Å². The number of hydrogen-bond acceptors (Lipinski definition) is 3. The first-order valence-corrected chi connectivity index (χ1v) is 5.02. The van der Waals surface area contributed by atoms with Gasteiger partial charge in [0.25, 0.3) is 0 Å². The summed E-state index contributed by atoms with van der Waals surface area (Å²) in [5.74, 6) is 0.836. The van der Waals surface area contributed by atoms with Gasteiger partial charge in [0.1, 0.15) is 11.3 Å². The lowest BCUT2D eigenvalue weighted by Crippen LogP contribution is -1.82. The molecular formula is C13H10N2O. The molecule has 0 amide bonds. The van der Waals surface area contributed by atoms with Crippen LogP contribution in [0, 0.1) is 0 Å². The zero-order valence-corrected chi connectivity index (χ0v) is 8.55. The van der Waals surface area contributed by atoms with Crippen LogP contribution in [0.1, 0.15) is 0 Å². The molecule has 2 N–H and O–H groups in total. The zero-order chi connectivity index (χ0) is 11.0. The second kappa shape index (κ2) is 3.38. The van der Waals surface area contributed by atoms with Crippen molar-refractivity contribution >= 4 is 16.7 Å². The van der Waals surface area contributed by atoms with Crippen molar-refractivity contribution in [1.82, 2.24) is 4.98 Å². The number of pyridine rings is 1. The molecule has 0 radical (unpaired) electrons. The Morgan fingerprint density at radius 3 is 2.62 bits per heavy atom. The Hall–Kier alpha value is -2.29. The molecule has 2 aromatic heterocycles. The molecule has 0 atom stereocenters. The molecule has 3 aromatic rings. The molecule has 0 saturated carbocycles. The summed E-state index contributed by atoms with van der Waals surface area (Å²) < 4.78 is 5.71. The fraction of sp³-hybridized carbons (Fsp3) is 0. The van der Waals surface area contributed by atoms with E-state index in [0.717, 1.165) is 28.0 Å². The average Bonchev–Trinajstić information content (AvgIpc) is 2.73. The molecule has 0 spiro atoms. The average molecular weight is 210 g/mol. The van der Waals surface area contributed by atoms with Gasteiger partial charge in [-0.3, -0.25) is 4.98 Å². The number of nitrogens with zero attached hydrogens (tertiary/aromatic N) is 1. The summed E-state index contributed by atoms with van der Waals surface area (Å²) in [5, 5.41) is 1.01. The second-order valence-corrected chi connectivity index (χ2v) is 3.65. The molecule has 78 valence electrons. The monoisotopic (exact) mass is 210 g/mol. The predicted molar refractivity (Wildman–Crippen MR) is 63.9 cm³/mol. The van der Waals surface area contributed by atoms with E-state index in [-0.39, 0.29) is 0 Å². The number of benzene rings is 1. The van der Waals surface area contributed by atoms with E-state index in [9.17, 15) is 0 Å². The molecular weight excluding hydrogens is 200 g/mol. The Kier molecular flexibility index (Phi) is 1.90. The third kappa shape index (κ3) is 1.42. The van der Waals surface area contributed by atoms with Crippen molar-refractivity contribution in [3.05, 3.63) is 48.8 Å². The highest BCUT2D eigenvalue weighted by atomic mass is 16.3. The Labute approximate surface area is 92.5 Å². The maximum Gasteiger partial charge on any atom is 0.137 e. The minimum Gasteiger partial charge on any atom is -0.456 e. The Morgan fingerprint density at radius 2 is 1.88 bits per heavy atom. The van der Waals surface area contributed by atoms with Crippen LogP contribution in [0.3, 0.4) is 0 Å². The molecule has 0 saturated heterocycles. The summed E-state index contributed by atoms with van der Waals surface area (Å²) in [7, 11) is 0. The van der Waals surface area contributed by atoms with Crippen molar-refractivity contribution in [2.45, 2.75) is 0 Å². The van der Waals surface area contributed by atoms with Crippen molar-refractivity contribution in [3.63, 3.8) is 0 Å². The van der Waals surface area contributed by atoms with Gasteiger partial charge in [0.2, 0.25) is 0 Å². The van der Waals surface area contributed by atoms with Crippen LogP contribution in [0.15, 0.2) is 53.2 Å². The summed E-state index contributed by atoms with van der Waals surface area (Å²) >= 11 is 0. The van der Waals surface area contributed by atoms with Crippen LogP contribution >= 0.6 is 0 Å². The van der Waals surface area contributed by atoms with Gasteiger partial charge >= 0.3 is 0 Å². The van der Waals surface area contributed by atoms with E-state index >= 15 is 0 Å². The van der Waals surface area contributed by atoms with E-state index in [1.807, 2.05) is 36.4 Å². The number of hydrogen-bond donors (Lipinski definition) is 1. The van der Waals surface area contributed by atoms with Gasteiger partial charge in [0.15, 0.2) is 0 Å². The minimum atomic E-state index is 0.751. The molecule has 3 rings (SSSR count). The molecule has 2 heterocycles. The highest BCUT2D eigenvalue weighted by Crippen LogP contribution is 2.27. The Balaban J connectivity index is 2.15. The van der Waals surface area contributed by atoms with E-state index in [1.165, 1.54) is 0 Å². The summed E-state index contributed by atoms with van der Waals surface area (Å²) in [5.41, 5.74) is 8.26. The number of anilines is 1. The first kappa shape index (κ1) is 8.97. The molecule has 16 heavy (non-hydrogen) atoms.